The molecule has 0 unspecified atom stereocenters. The topological polar surface area (TPSA) is 56.4 Å². The number of nitriles is 1. The van der Waals surface area contributed by atoms with E-state index >= 15 is 0 Å². The molecule has 6 heteroatoms. The van der Waals surface area contributed by atoms with Crippen LogP contribution in [-0.4, -0.2) is 23.3 Å². The van der Waals surface area contributed by atoms with Gasteiger partial charge in [-0.15, -0.1) is 0 Å². The number of nitrogens with zero attached hydrogens (tertiary/aromatic N) is 6. The SMILES string of the molecule is Cc1ccc2c(c1)c1ccccc1n2-c1c(C#N)c(-n2c3ccccc3c3cc(C)ccc32)c(-n2c3ccccc3c3cc(C)ccc32)c(-n2c3ccccc3c3cc(C)ccc32)c1-c1ccccn1. The number of aryl methyl sites for hydroxylation is 4. The second-order valence-electron chi connectivity index (χ2n) is 19.0. The first-order valence-electron chi connectivity index (χ1n) is 23.9. The van der Waals surface area contributed by atoms with Gasteiger partial charge >= 0.3 is 0 Å². The van der Waals surface area contributed by atoms with Crippen molar-refractivity contribution < 1.29 is 0 Å². The molecule has 0 fully saturated rings. The Balaban J connectivity index is 1.37. The van der Waals surface area contributed by atoms with Crippen LogP contribution in [0.5, 0.6) is 0 Å². The first kappa shape index (κ1) is 39.9. The average Bonchev–Trinajstić information content (AvgIpc) is 4.10. The van der Waals surface area contributed by atoms with Crippen molar-refractivity contribution in [2.45, 2.75) is 27.7 Å². The van der Waals surface area contributed by atoms with E-state index in [0.29, 0.717) is 5.56 Å². The molecule has 14 aromatic rings. The van der Waals surface area contributed by atoms with Crippen LogP contribution < -0.4 is 0 Å². The summed E-state index contributed by atoms with van der Waals surface area (Å²) in [4.78, 5) is 5.32. The highest BCUT2D eigenvalue weighted by Gasteiger charge is 2.35. The highest BCUT2D eigenvalue weighted by molar-refractivity contribution is 6.17. The van der Waals surface area contributed by atoms with Gasteiger partial charge in [0.05, 0.1) is 78.1 Å². The zero-order chi connectivity index (χ0) is 46.9. The minimum Gasteiger partial charge on any atom is -0.307 e. The summed E-state index contributed by atoms with van der Waals surface area (Å²) < 4.78 is 9.67. The molecule has 0 spiro atoms. The predicted octanol–water partition coefficient (Wildman–Crippen LogP) is 16.2. The van der Waals surface area contributed by atoms with Crippen molar-refractivity contribution in [1.82, 2.24) is 23.3 Å². The monoisotopic (exact) mass is 896 g/mol. The molecule has 330 valence electrons. The summed E-state index contributed by atoms with van der Waals surface area (Å²) in [5, 5.41) is 21.7. The maximum atomic E-state index is 12.6. The molecule has 0 aliphatic carbocycles. The Morgan fingerprint density at radius 2 is 0.657 bits per heavy atom. The van der Waals surface area contributed by atoms with E-state index in [4.69, 9.17) is 4.98 Å². The number of para-hydroxylation sites is 4. The van der Waals surface area contributed by atoms with Gasteiger partial charge in [-0.3, -0.25) is 4.98 Å². The van der Waals surface area contributed by atoms with E-state index in [1.165, 1.54) is 22.3 Å². The fraction of sp³-hybridized carbons (Fsp3) is 0.0625. The minimum atomic E-state index is 0.528. The molecule has 5 heterocycles. The third-order valence-corrected chi connectivity index (χ3v) is 14.6. The summed E-state index contributed by atoms with van der Waals surface area (Å²) in [6.45, 7) is 8.64. The summed E-state index contributed by atoms with van der Waals surface area (Å²) >= 11 is 0. The largest absolute Gasteiger partial charge is 0.307 e. The normalized spacial score (nSPS) is 12.0. The number of aromatic nitrogens is 5. The van der Waals surface area contributed by atoms with Gasteiger partial charge in [0.25, 0.3) is 0 Å². The highest BCUT2D eigenvalue weighted by atomic mass is 15.1. The Kier molecular flexibility index (Phi) is 8.51. The van der Waals surface area contributed by atoms with Crippen LogP contribution in [0.3, 0.4) is 0 Å². The highest BCUT2D eigenvalue weighted by Crippen LogP contribution is 2.51. The Morgan fingerprint density at radius 3 is 1.03 bits per heavy atom. The molecule has 6 nitrogen and oxygen atoms in total. The van der Waals surface area contributed by atoms with Crippen molar-refractivity contribution in [2.24, 2.45) is 0 Å². The van der Waals surface area contributed by atoms with Gasteiger partial charge < -0.3 is 18.3 Å². The smallest absolute Gasteiger partial charge is 0.104 e. The zero-order valence-corrected chi connectivity index (χ0v) is 39.2. The Hall–Kier alpha value is -9.18. The van der Waals surface area contributed by atoms with Crippen molar-refractivity contribution in [3.8, 4) is 40.1 Å². The number of benzene rings is 9. The Bertz CT molecular complexity index is 4590. The first-order chi connectivity index (χ1) is 34.4. The van der Waals surface area contributed by atoms with E-state index in [-0.39, 0.29) is 0 Å². The molecule has 14 rings (SSSR count). The predicted molar refractivity (Wildman–Crippen MR) is 291 cm³/mol. The van der Waals surface area contributed by atoms with Crippen molar-refractivity contribution in [3.63, 3.8) is 0 Å². The molecule has 0 saturated carbocycles. The van der Waals surface area contributed by atoms with Crippen molar-refractivity contribution in [3.05, 3.63) is 222 Å². The lowest BCUT2D eigenvalue weighted by Gasteiger charge is -2.29. The lowest BCUT2D eigenvalue weighted by atomic mass is 9.95. The number of pyridine rings is 1. The first-order valence-corrected chi connectivity index (χ1v) is 23.9. The minimum absolute atomic E-state index is 0.528. The quantitative estimate of drug-likeness (QED) is 0.173. The van der Waals surface area contributed by atoms with Crippen LogP contribution in [0, 0.1) is 39.0 Å². The average molecular weight is 897 g/mol. The van der Waals surface area contributed by atoms with Crippen LogP contribution in [0.25, 0.3) is 121 Å². The van der Waals surface area contributed by atoms with Crippen molar-refractivity contribution >= 4 is 87.2 Å². The third-order valence-electron chi connectivity index (χ3n) is 14.6. The molecule has 9 aromatic carbocycles. The second kappa shape index (κ2) is 14.9. The van der Waals surface area contributed by atoms with E-state index in [2.05, 4.69) is 234 Å². The van der Waals surface area contributed by atoms with Gasteiger partial charge in [-0.25, -0.2) is 0 Å². The fourth-order valence-corrected chi connectivity index (χ4v) is 11.7. The molecule has 0 aliphatic heterocycles. The van der Waals surface area contributed by atoms with E-state index < -0.39 is 0 Å². The van der Waals surface area contributed by atoms with Gasteiger partial charge in [0.2, 0.25) is 0 Å². The Labute approximate surface area is 403 Å². The number of rotatable bonds is 5. The van der Waals surface area contributed by atoms with Crippen molar-refractivity contribution in [2.75, 3.05) is 0 Å². The third kappa shape index (κ3) is 5.52. The summed E-state index contributed by atoms with van der Waals surface area (Å²) in [6.07, 6.45) is 1.88. The molecule has 0 saturated heterocycles. The molecule has 0 radical (unpaired) electrons. The van der Waals surface area contributed by atoms with E-state index in [0.717, 1.165) is 121 Å². The van der Waals surface area contributed by atoms with Gasteiger partial charge in [0, 0.05) is 49.3 Å². The standard InChI is InChI=1S/C64H44N6/c1-38-24-28-56-46(33-38)42-15-5-9-20-52(42)67(56)61-50(37-65)62(68-53-21-10-6-16-43(53)47-34-39(2)25-29-57(47)68)64(70-55-23-12-8-18-45(55)49-36-41(4)27-31-59(49)70)63(60(61)51-19-13-14-32-66-51)69-54-22-11-7-17-44(54)48-35-40(3)26-30-58(48)69/h5-36H,1-4H3. The van der Waals surface area contributed by atoms with E-state index in [1.54, 1.807) is 0 Å². The lowest BCUT2D eigenvalue weighted by Crippen LogP contribution is -2.16. The zero-order valence-electron chi connectivity index (χ0n) is 39.2. The molecule has 0 bridgehead atoms. The number of hydrogen-bond donors (Lipinski definition) is 0. The molecule has 0 atom stereocenters. The lowest BCUT2D eigenvalue weighted by molar-refractivity contribution is 1.03. The van der Waals surface area contributed by atoms with Gasteiger partial charge in [0.15, 0.2) is 0 Å². The van der Waals surface area contributed by atoms with Crippen LogP contribution in [0.1, 0.15) is 27.8 Å². The van der Waals surface area contributed by atoms with Crippen molar-refractivity contribution in [1.29, 1.82) is 5.26 Å². The van der Waals surface area contributed by atoms with Crippen LogP contribution in [0.2, 0.25) is 0 Å². The molecule has 0 aliphatic rings. The summed E-state index contributed by atoms with van der Waals surface area (Å²) in [7, 11) is 0. The molecule has 0 N–H and O–H groups in total. The van der Waals surface area contributed by atoms with Gasteiger partial charge in [0.1, 0.15) is 11.6 Å². The van der Waals surface area contributed by atoms with Crippen LogP contribution in [0.15, 0.2) is 194 Å². The van der Waals surface area contributed by atoms with Gasteiger partial charge in [-0.1, -0.05) is 125 Å². The van der Waals surface area contributed by atoms with E-state index in [9.17, 15) is 5.26 Å². The maximum Gasteiger partial charge on any atom is 0.104 e. The number of fused-ring (bicyclic) bond motifs is 12. The van der Waals surface area contributed by atoms with Gasteiger partial charge in [-0.05, 0) is 113 Å². The molecular formula is C64H44N6. The second-order valence-corrected chi connectivity index (χ2v) is 19.0. The van der Waals surface area contributed by atoms with E-state index in [1.807, 2.05) is 12.3 Å². The number of hydrogen-bond acceptors (Lipinski definition) is 2. The fourth-order valence-electron chi connectivity index (χ4n) is 11.7. The Morgan fingerprint density at radius 1 is 0.329 bits per heavy atom. The summed E-state index contributed by atoms with van der Waals surface area (Å²) in [5.41, 5.74) is 18.4. The summed E-state index contributed by atoms with van der Waals surface area (Å²) in [5.74, 6) is 0. The molecule has 0 amide bonds. The molecule has 5 aromatic heterocycles. The van der Waals surface area contributed by atoms with Crippen LogP contribution >= 0.6 is 0 Å². The van der Waals surface area contributed by atoms with Crippen LogP contribution in [0.4, 0.5) is 0 Å². The van der Waals surface area contributed by atoms with Gasteiger partial charge in [-0.2, -0.15) is 5.26 Å². The van der Waals surface area contributed by atoms with Crippen LogP contribution in [-0.2, 0) is 0 Å². The molecule has 70 heavy (non-hydrogen) atoms. The maximum absolute atomic E-state index is 12.6. The summed E-state index contributed by atoms with van der Waals surface area (Å²) in [6, 6.07) is 71.0. The molecular weight excluding hydrogens is 853 g/mol.